The molecule has 1 heterocycles. The summed E-state index contributed by atoms with van der Waals surface area (Å²) in [4.78, 5) is 2.32. The van der Waals surface area contributed by atoms with Crippen LogP contribution in [0.4, 0.5) is 0 Å². The highest BCUT2D eigenvalue weighted by atomic mass is 15.1. The van der Waals surface area contributed by atoms with Crippen molar-refractivity contribution in [1.82, 2.24) is 10.2 Å². The van der Waals surface area contributed by atoms with Gasteiger partial charge >= 0.3 is 0 Å². The predicted molar refractivity (Wildman–Crippen MR) is 68.5 cm³/mol. The molecule has 0 aliphatic carbocycles. The van der Waals surface area contributed by atoms with Gasteiger partial charge in [0.25, 0.3) is 0 Å². The Morgan fingerprint density at radius 1 is 1.53 bits per heavy atom. The summed E-state index contributed by atoms with van der Waals surface area (Å²) in [7, 11) is 2.14. The molecule has 90 valence electrons. The number of benzene rings is 1. The summed E-state index contributed by atoms with van der Waals surface area (Å²) < 4.78 is 0. The van der Waals surface area contributed by atoms with Gasteiger partial charge in [0.2, 0.25) is 0 Å². The van der Waals surface area contributed by atoms with Crippen molar-refractivity contribution < 1.29 is 0 Å². The number of hydrogen-bond donors (Lipinski definition) is 1. The van der Waals surface area contributed by atoms with Crippen LogP contribution in [0.25, 0.3) is 0 Å². The summed E-state index contributed by atoms with van der Waals surface area (Å²) in [6, 6.07) is 10.7. The Bertz CT molecular complexity index is 402. The molecule has 1 N–H and O–H groups in total. The molecule has 1 aromatic carbocycles. The second-order valence-corrected chi connectivity index (χ2v) is 4.80. The van der Waals surface area contributed by atoms with E-state index in [4.69, 9.17) is 5.26 Å². The van der Waals surface area contributed by atoms with Crippen molar-refractivity contribution in [3.63, 3.8) is 0 Å². The van der Waals surface area contributed by atoms with Gasteiger partial charge in [-0.15, -0.1) is 0 Å². The molecule has 1 aliphatic heterocycles. The van der Waals surface area contributed by atoms with E-state index in [-0.39, 0.29) is 0 Å². The van der Waals surface area contributed by atoms with Gasteiger partial charge in [0.15, 0.2) is 0 Å². The smallest absolute Gasteiger partial charge is 0.0991 e. The molecule has 1 aromatic rings. The third kappa shape index (κ3) is 3.55. The number of nitriles is 1. The van der Waals surface area contributed by atoms with Gasteiger partial charge in [-0.25, -0.2) is 0 Å². The molecule has 17 heavy (non-hydrogen) atoms. The average Bonchev–Trinajstić information content (AvgIpc) is 2.82. The third-order valence-electron chi connectivity index (χ3n) is 3.20. The van der Waals surface area contributed by atoms with Crippen LogP contribution in [0.2, 0.25) is 0 Å². The highest BCUT2D eigenvalue weighted by molar-refractivity contribution is 5.32. The fraction of sp³-hybridized carbons (Fsp3) is 0.500. The van der Waals surface area contributed by atoms with Crippen LogP contribution in [0.3, 0.4) is 0 Å². The third-order valence-corrected chi connectivity index (χ3v) is 3.20. The summed E-state index contributed by atoms with van der Waals surface area (Å²) >= 11 is 0. The van der Waals surface area contributed by atoms with Crippen LogP contribution in [-0.4, -0.2) is 31.1 Å². The predicted octanol–water partition coefficient (Wildman–Crippen LogP) is 1.74. The van der Waals surface area contributed by atoms with E-state index in [1.165, 1.54) is 18.4 Å². The summed E-state index contributed by atoms with van der Waals surface area (Å²) in [6.07, 6.45) is 2.57. The van der Waals surface area contributed by atoms with Crippen LogP contribution in [0, 0.1) is 11.3 Å². The van der Waals surface area contributed by atoms with Gasteiger partial charge < -0.3 is 10.2 Å². The van der Waals surface area contributed by atoms with Crippen molar-refractivity contribution in [2.24, 2.45) is 0 Å². The fourth-order valence-corrected chi connectivity index (χ4v) is 2.40. The minimum absolute atomic E-state index is 0.638. The maximum absolute atomic E-state index is 8.85. The van der Waals surface area contributed by atoms with E-state index in [1.54, 1.807) is 0 Å². The molecule has 0 aromatic heterocycles. The zero-order valence-electron chi connectivity index (χ0n) is 10.3. The lowest BCUT2D eigenvalue weighted by molar-refractivity contribution is 0.293. The van der Waals surface area contributed by atoms with Crippen LogP contribution in [-0.2, 0) is 6.54 Å². The Morgan fingerprint density at radius 2 is 2.41 bits per heavy atom. The SMILES string of the molecule is CN(Cc1cccc(C#N)c1)CC1CCCN1. The van der Waals surface area contributed by atoms with Crippen molar-refractivity contribution in [1.29, 1.82) is 5.26 Å². The molecule has 1 fully saturated rings. The van der Waals surface area contributed by atoms with Crippen LogP contribution in [0.5, 0.6) is 0 Å². The van der Waals surface area contributed by atoms with E-state index < -0.39 is 0 Å². The number of nitrogens with one attached hydrogen (secondary N) is 1. The van der Waals surface area contributed by atoms with Gasteiger partial charge in [0.05, 0.1) is 11.6 Å². The van der Waals surface area contributed by atoms with Crippen molar-refractivity contribution in [3.8, 4) is 6.07 Å². The first-order valence-electron chi connectivity index (χ1n) is 6.19. The zero-order chi connectivity index (χ0) is 12.1. The van der Waals surface area contributed by atoms with Gasteiger partial charge in [0, 0.05) is 19.1 Å². The zero-order valence-corrected chi connectivity index (χ0v) is 10.3. The standard InChI is InChI=1S/C14H19N3/c1-17(11-14-6-3-7-16-14)10-13-5-2-4-12(8-13)9-15/h2,4-5,8,14,16H,3,6-7,10-11H2,1H3. The van der Waals surface area contributed by atoms with E-state index in [0.717, 1.165) is 25.2 Å². The molecule has 1 unspecified atom stereocenters. The normalized spacial score (nSPS) is 19.5. The topological polar surface area (TPSA) is 39.1 Å². The van der Waals surface area contributed by atoms with Crippen LogP contribution < -0.4 is 5.32 Å². The summed E-state index contributed by atoms with van der Waals surface area (Å²) in [5.74, 6) is 0. The fourth-order valence-electron chi connectivity index (χ4n) is 2.40. The lowest BCUT2D eigenvalue weighted by atomic mass is 10.1. The number of hydrogen-bond acceptors (Lipinski definition) is 3. The molecule has 0 amide bonds. The highest BCUT2D eigenvalue weighted by Gasteiger charge is 2.15. The van der Waals surface area contributed by atoms with E-state index in [1.807, 2.05) is 18.2 Å². The van der Waals surface area contributed by atoms with Gasteiger partial charge in [-0.05, 0) is 44.1 Å². The van der Waals surface area contributed by atoms with Crippen molar-refractivity contribution >= 4 is 0 Å². The minimum atomic E-state index is 0.638. The van der Waals surface area contributed by atoms with Crippen LogP contribution >= 0.6 is 0 Å². The van der Waals surface area contributed by atoms with Gasteiger partial charge in [-0.2, -0.15) is 5.26 Å². The first-order valence-corrected chi connectivity index (χ1v) is 6.19. The van der Waals surface area contributed by atoms with E-state index in [0.29, 0.717) is 6.04 Å². The van der Waals surface area contributed by atoms with Crippen LogP contribution in [0.1, 0.15) is 24.0 Å². The second-order valence-electron chi connectivity index (χ2n) is 4.80. The first-order chi connectivity index (χ1) is 8.28. The minimum Gasteiger partial charge on any atom is -0.313 e. The Hall–Kier alpha value is -1.37. The lowest BCUT2D eigenvalue weighted by Gasteiger charge is -2.21. The molecule has 0 radical (unpaired) electrons. The van der Waals surface area contributed by atoms with E-state index in [9.17, 15) is 0 Å². The molecule has 3 nitrogen and oxygen atoms in total. The largest absolute Gasteiger partial charge is 0.313 e. The quantitative estimate of drug-likeness (QED) is 0.855. The molecule has 1 aliphatic rings. The lowest BCUT2D eigenvalue weighted by Crippen LogP contribution is -2.34. The molecule has 3 heteroatoms. The Morgan fingerprint density at radius 3 is 3.12 bits per heavy atom. The number of nitrogens with zero attached hydrogens (tertiary/aromatic N) is 2. The molecular formula is C14H19N3. The summed E-state index contributed by atoms with van der Waals surface area (Å²) in [6.45, 7) is 3.15. The van der Waals surface area contributed by atoms with E-state index >= 15 is 0 Å². The highest BCUT2D eigenvalue weighted by Crippen LogP contribution is 2.10. The second kappa shape index (κ2) is 5.81. The first kappa shape index (κ1) is 12.1. The summed E-state index contributed by atoms with van der Waals surface area (Å²) in [5, 5.41) is 12.4. The molecule has 1 saturated heterocycles. The Kier molecular flexibility index (Phi) is 4.13. The van der Waals surface area contributed by atoms with Crippen LogP contribution in [0.15, 0.2) is 24.3 Å². The van der Waals surface area contributed by atoms with Crippen molar-refractivity contribution in [2.75, 3.05) is 20.1 Å². The van der Waals surface area contributed by atoms with Crippen molar-refractivity contribution in [2.45, 2.75) is 25.4 Å². The van der Waals surface area contributed by atoms with Gasteiger partial charge in [-0.3, -0.25) is 0 Å². The Labute approximate surface area is 103 Å². The van der Waals surface area contributed by atoms with Gasteiger partial charge in [-0.1, -0.05) is 12.1 Å². The number of rotatable bonds is 4. The monoisotopic (exact) mass is 229 g/mol. The molecule has 0 saturated carbocycles. The number of likely N-dealkylation sites (N-methyl/N-ethyl adjacent to an activating group) is 1. The Balaban J connectivity index is 1.88. The molecule has 0 spiro atoms. The molecule has 0 bridgehead atoms. The summed E-state index contributed by atoms with van der Waals surface area (Å²) in [5.41, 5.74) is 1.96. The maximum Gasteiger partial charge on any atom is 0.0991 e. The van der Waals surface area contributed by atoms with E-state index in [2.05, 4.69) is 29.4 Å². The molecule has 1 atom stereocenters. The molecular weight excluding hydrogens is 210 g/mol. The molecule has 2 rings (SSSR count). The maximum atomic E-state index is 8.85. The average molecular weight is 229 g/mol. The van der Waals surface area contributed by atoms with Gasteiger partial charge in [0.1, 0.15) is 0 Å². The van der Waals surface area contributed by atoms with Crippen molar-refractivity contribution in [3.05, 3.63) is 35.4 Å².